The number of benzene rings is 1. The third-order valence-corrected chi connectivity index (χ3v) is 2.86. The van der Waals surface area contributed by atoms with E-state index in [1.165, 1.54) is 0 Å². The average molecular weight is 323 g/mol. The number of fused-ring (bicyclic) bond motifs is 1. The fourth-order valence-corrected chi connectivity index (χ4v) is 1.90. The van der Waals surface area contributed by atoms with Gasteiger partial charge in [-0.25, -0.2) is 0 Å². The molecule has 1 aromatic carbocycles. The molecule has 0 saturated heterocycles. The second-order valence-corrected chi connectivity index (χ2v) is 6.06. The number of rotatable bonds is 6. The van der Waals surface area contributed by atoms with Crippen LogP contribution in [-0.2, 0) is 0 Å². The van der Waals surface area contributed by atoms with Gasteiger partial charge < -0.3 is 15.6 Å². The van der Waals surface area contributed by atoms with Crippen molar-refractivity contribution in [1.82, 2.24) is 10.3 Å². The molecule has 24 heavy (non-hydrogen) atoms. The Morgan fingerprint density at radius 2 is 1.88 bits per heavy atom. The third-order valence-electron chi connectivity index (χ3n) is 2.86. The van der Waals surface area contributed by atoms with Gasteiger partial charge >= 0.3 is 0 Å². The van der Waals surface area contributed by atoms with E-state index in [4.69, 9.17) is 0 Å². The quantitative estimate of drug-likeness (QED) is 0.575. The molecule has 0 amide bonds. The molecule has 3 heteroatoms. The first-order valence-corrected chi connectivity index (χ1v) is 8.22. The van der Waals surface area contributed by atoms with Crippen molar-refractivity contribution in [2.24, 2.45) is 5.92 Å². The fourth-order valence-electron chi connectivity index (χ4n) is 1.90. The molecule has 0 aliphatic heterocycles. The predicted molar refractivity (Wildman–Crippen MR) is 108 cm³/mol. The van der Waals surface area contributed by atoms with Gasteiger partial charge in [-0.1, -0.05) is 64.3 Å². The summed E-state index contributed by atoms with van der Waals surface area (Å²) in [6, 6.07) is 8.12. The lowest BCUT2D eigenvalue weighted by atomic mass is 10.2. The molecule has 0 atom stereocenters. The van der Waals surface area contributed by atoms with Crippen LogP contribution in [0.4, 0.5) is 5.69 Å². The second kappa shape index (κ2) is 10.2. The molecule has 0 bridgehead atoms. The van der Waals surface area contributed by atoms with Crippen molar-refractivity contribution in [1.29, 1.82) is 0 Å². The minimum absolute atomic E-state index is 0.699. The standard InChI is InChI=1S/C17H19N3.C4H10/c1-4-6-9-14(5-2)19-13(3)20-17-12-18-16-11-8-7-10-15(16)17;1-4(2)3/h4-12,18-20H,2-3H2,1H3;4H,1-3H3/b6-4-,14-9+;. The summed E-state index contributed by atoms with van der Waals surface area (Å²) >= 11 is 0. The minimum atomic E-state index is 0.699. The van der Waals surface area contributed by atoms with Crippen LogP contribution in [0.25, 0.3) is 10.9 Å². The van der Waals surface area contributed by atoms with Crippen molar-refractivity contribution < 1.29 is 0 Å². The topological polar surface area (TPSA) is 39.8 Å². The summed E-state index contributed by atoms with van der Waals surface area (Å²) in [5, 5.41) is 7.57. The minimum Gasteiger partial charge on any atom is -0.359 e. The number of nitrogens with one attached hydrogen (secondary N) is 3. The van der Waals surface area contributed by atoms with E-state index in [1.807, 2.05) is 49.5 Å². The molecule has 3 N–H and O–H groups in total. The van der Waals surface area contributed by atoms with Gasteiger partial charge in [-0.05, 0) is 31.1 Å². The van der Waals surface area contributed by atoms with Gasteiger partial charge in [-0.3, -0.25) is 0 Å². The molecule has 128 valence electrons. The number of hydrogen-bond acceptors (Lipinski definition) is 2. The van der Waals surface area contributed by atoms with E-state index in [9.17, 15) is 0 Å². The maximum atomic E-state index is 3.98. The second-order valence-electron chi connectivity index (χ2n) is 6.06. The summed E-state index contributed by atoms with van der Waals surface area (Å²) < 4.78 is 0. The third kappa shape index (κ3) is 6.61. The van der Waals surface area contributed by atoms with Crippen LogP contribution < -0.4 is 10.6 Å². The molecule has 0 unspecified atom stereocenters. The Morgan fingerprint density at radius 3 is 2.50 bits per heavy atom. The molecule has 0 spiro atoms. The average Bonchev–Trinajstić information content (AvgIpc) is 2.94. The number of allylic oxidation sites excluding steroid dienone is 4. The van der Waals surface area contributed by atoms with Crippen LogP contribution in [0, 0.1) is 5.92 Å². The van der Waals surface area contributed by atoms with Crippen molar-refractivity contribution in [3.8, 4) is 0 Å². The Labute approximate surface area is 145 Å². The number of anilines is 1. The lowest BCUT2D eigenvalue weighted by Crippen LogP contribution is -2.16. The zero-order valence-electron chi connectivity index (χ0n) is 15.2. The summed E-state index contributed by atoms with van der Waals surface area (Å²) in [7, 11) is 0. The molecule has 0 radical (unpaired) electrons. The Kier molecular flexibility index (Phi) is 8.20. The van der Waals surface area contributed by atoms with Crippen molar-refractivity contribution in [2.45, 2.75) is 27.7 Å². The van der Waals surface area contributed by atoms with Gasteiger partial charge in [0, 0.05) is 22.8 Å². The first-order valence-electron chi connectivity index (χ1n) is 8.22. The summed E-state index contributed by atoms with van der Waals surface area (Å²) in [6.07, 6.45) is 9.53. The van der Waals surface area contributed by atoms with Crippen molar-refractivity contribution >= 4 is 16.6 Å². The largest absolute Gasteiger partial charge is 0.359 e. The van der Waals surface area contributed by atoms with Crippen molar-refractivity contribution in [3.05, 3.63) is 79.4 Å². The van der Waals surface area contributed by atoms with E-state index in [0.717, 1.165) is 28.2 Å². The molecule has 1 aromatic heterocycles. The van der Waals surface area contributed by atoms with Crippen LogP contribution in [0.5, 0.6) is 0 Å². The molecule has 1 heterocycles. The number of aromatic amines is 1. The van der Waals surface area contributed by atoms with Crippen LogP contribution in [0.1, 0.15) is 27.7 Å². The SMILES string of the molecule is C=C/C(=C\C=C/C)NC(=C)Nc1c[nH]c2ccccc12.CC(C)C. The van der Waals surface area contributed by atoms with Gasteiger partial charge in [0.15, 0.2) is 0 Å². The molecule has 2 rings (SSSR count). The number of hydrogen-bond donors (Lipinski definition) is 3. The Bertz CT molecular complexity index is 715. The summed E-state index contributed by atoms with van der Waals surface area (Å²) in [6.45, 7) is 16.2. The van der Waals surface area contributed by atoms with E-state index >= 15 is 0 Å². The van der Waals surface area contributed by atoms with E-state index in [0.29, 0.717) is 5.82 Å². The highest BCUT2D eigenvalue weighted by molar-refractivity contribution is 5.92. The van der Waals surface area contributed by atoms with E-state index in [2.05, 4.69) is 55.6 Å². The summed E-state index contributed by atoms with van der Waals surface area (Å²) in [5.41, 5.74) is 2.98. The zero-order valence-corrected chi connectivity index (χ0v) is 15.2. The highest BCUT2D eigenvalue weighted by Crippen LogP contribution is 2.23. The Morgan fingerprint density at radius 1 is 1.21 bits per heavy atom. The summed E-state index contributed by atoms with van der Waals surface area (Å²) in [4.78, 5) is 3.22. The molecule has 0 fully saturated rings. The smallest absolute Gasteiger partial charge is 0.100 e. The van der Waals surface area contributed by atoms with E-state index in [1.54, 1.807) is 6.08 Å². The highest BCUT2D eigenvalue weighted by Gasteiger charge is 2.03. The van der Waals surface area contributed by atoms with Gasteiger partial charge in [0.05, 0.1) is 5.69 Å². The van der Waals surface area contributed by atoms with Crippen LogP contribution in [0.15, 0.2) is 79.4 Å². The molecular weight excluding hydrogens is 294 g/mol. The Hall–Kier alpha value is -2.68. The number of para-hydroxylation sites is 1. The predicted octanol–water partition coefficient (Wildman–Crippen LogP) is 5.95. The van der Waals surface area contributed by atoms with Crippen LogP contribution in [-0.4, -0.2) is 4.98 Å². The lowest BCUT2D eigenvalue weighted by molar-refractivity contribution is 0.737. The molecule has 3 nitrogen and oxygen atoms in total. The van der Waals surface area contributed by atoms with Gasteiger partial charge in [-0.15, -0.1) is 0 Å². The van der Waals surface area contributed by atoms with E-state index in [-0.39, 0.29) is 0 Å². The summed E-state index contributed by atoms with van der Waals surface area (Å²) in [5.74, 6) is 1.53. The first kappa shape index (κ1) is 19.4. The number of H-pyrrole nitrogens is 1. The lowest BCUT2D eigenvalue weighted by Gasteiger charge is -2.11. The van der Waals surface area contributed by atoms with Crippen LogP contribution in [0.3, 0.4) is 0 Å². The van der Waals surface area contributed by atoms with Gasteiger partial charge in [0.2, 0.25) is 0 Å². The highest BCUT2D eigenvalue weighted by atomic mass is 15.1. The van der Waals surface area contributed by atoms with Crippen LogP contribution in [0.2, 0.25) is 0 Å². The maximum absolute atomic E-state index is 3.98. The van der Waals surface area contributed by atoms with Crippen molar-refractivity contribution in [3.63, 3.8) is 0 Å². The molecule has 0 aliphatic carbocycles. The molecular formula is C21H29N3. The van der Waals surface area contributed by atoms with Crippen LogP contribution >= 0.6 is 0 Å². The van der Waals surface area contributed by atoms with E-state index < -0.39 is 0 Å². The first-order chi connectivity index (χ1) is 11.5. The molecule has 0 saturated carbocycles. The fraction of sp³-hybridized carbons (Fsp3) is 0.238. The number of aromatic nitrogens is 1. The van der Waals surface area contributed by atoms with Gasteiger partial charge in [-0.2, -0.15) is 0 Å². The molecule has 0 aliphatic rings. The maximum Gasteiger partial charge on any atom is 0.100 e. The van der Waals surface area contributed by atoms with Gasteiger partial charge in [0.25, 0.3) is 0 Å². The van der Waals surface area contributed by atoms with Crippen molar-refractivity contribution in [2.75, 3.05) is 5.32 Å². The zero-order chi connectivity index (χ0) is 17.9. The molecule has 2 aromatic rings. The Balaban J connectivity index is 0.000000648. The monoisotopic (exact) mass is 323 g/mol. The normalized spacial score (nSPS) is 11.3. The van der Waals surface area contributed by atoms with Gasteiger partial charge in [0.1, 0.15) is 5.82 Å².